The fraction of sp³-hybridized carbons (Fsp3) is 0.412. The number of nitrogens with one attached hydrogen (secondary N) is 1. The highest BCUT2D eigenvalue weighted by Crippen LogP contribution is 2.33. The van der Waals surface area contributed by atoms with Crippen molar-refractivity contribution >= 4 is 10.8 Å². The quantitative estimate of drug-likeness (QED) is 0.907. The van der Waals surface area contributed by atoms with Gasteiger partial charge in [-0.05, 0) is 42.3 Å². The van der Waals surface area contributed by atoms with E-state index in [9.17, 15) is 0 Å². The summed E-state index contributed by atoms with van der Waals surface area (Å²) >= 11 is 0. The number of benzene rings is 2. The molecule has 0 saturated carbocycles. The summed E-state index contributed by atoms with van der Waals surface area (Å²) in [6.45, 7) is 3.94. The number of hydrogen-bond donors (Lipinski definition) is 1. The first-order valence-electron chi connectivity index (χ1n) is 7.04. The van der Waals surface area contributed by atoms with Crippen molar-refractivity contribution in [1.82, 2.24) is 5.32 Å². The summed E-state index contributed by atoms with van der Waals surface area (Å²) in [4.78, 5) is 0. The summed E-state index contributed by atoms with van der Waals surface area (Å²) in [5, 5.41) is 6.22. The molecule has 0 bridgehead atoms. The summed E-state index contributed by atoms with van der Waals surface area (Å²) in [7, 11) is 2.05. The second-order valence-corrected chi connectivity index (χ2v) is 5.41. The van der Waals surface area contributed by atoms with E-state index in [0.717, 1.165) is 19.6 Å². The highest BCUT2D eigenvalue weighted by Gasteiger charge is 2.27. The van der Waals surface area contributed by atoms with Gasteiger partial charge in [-0.15, -0.1) is 0 Å². The van der Waals surface area contributed by atoms with Crippen molar-refractivity contribution in [3.05, 3.63) is 47.5 Å². The second kappa shape index (κ2) is 5.32. The molecule has 1 N–H and O–H groups in total. The Bertz CT molecular complexity index is 572. The van der Waals surface area contributed by atoms with Crippen LogP contribution in [-0.4, -0.2) is 20.3 Å². The summed E-state index contributed by atoms with van der Waals surface area (Å²) in [6, 6.07) is 13.6. The molecule has 2 unspecified atom stereocenters. The molecule has 2 aromatic carbocycles. The zero-order valence-corrected chi connectivity index (χ0v) is 11.6. The van der Waals surface area contributed by atoms with Crippen LogP contribution in [0.15, 0.2) is 36.4 Å². The van der Waals surface area contributed by atoms with Gasteiger partial charge in [0.1, 0.15) is 0 Å². The van der Waals surface area contributed by atoms with E-state index in [2.05, 4.69) is 55.7 Å². The highest BCUT2D eigenvalue weighted by molar-refractivity contribution is 5.88. The summed E-state index contributed by atoms with van der Waals surface area (Å²) in [6.07, 6.45) is 1.15. The van der Waals surface area contributed by atoms with E-state index in [0.29, 0.717) is 12.0 Å². The van der Waals surface area contributed by atoms with E-state index in [1.807, 2.05) is 0 Å². The van der Waals surface area contributed by atoms with Crippen molar-refractivity contribution in [2.45, 2.75) is 19.4 Å². The molecule has 0 aliphatic carbocycles. The average Bonchev–Trinajstić information content (AvgIpc) is 2.96. The Balaban J connectivity index is 2.10. The van der Waals surface area contributed by atoms with Crippen LogP contribution in [0.4, 0.5) is 0 Å². The zero-order valence-electron chi connectivity index (χ0n) is 11.6. The Morgan fingerprint density at radius 2 is 1.95 bits per heavy atom. The number of ether oxygens (including phenoxy) is 1. The maximum absolute atomic E-state index is 5.56. The van der Waals surface area contributed by atoms with Gasteiger partial charge in [-0.1, -0.05) is 36.4 Å². The molecule has 1 heterocycles. The molecular formula is C17H21NO. The van der Waals surface area contributed by atoms with Crippen LogP contribution in [-0.2, 0) is 4.74 Å². The van der Waals surface area contributed by atoms with Crippen LogP contribution in [0.25, 0.3) is 10.8 Å². The minimum Gasteiger partial charge on any atom is -0.381 e. The molecular weight excluding hydrogens is 234 g/mol. The van der Waals surface area contributed by atoms with Gasteiger partial charge in [-0.25, -0.2) is 0 Å². The fourth-order valence-electron chi connectivity index (χ4n) is 3.21. The van der Waals surface area contributed by atoms with Gasteiger partial charge in [0.25, 0.3) is 0 Å². The van der Waals surface area contributed by atoms with Gasteiger partial charge in [-0.3, -0.25) is 0 Å². The lowest BCUT2D eigenvalue weighted by molar-refractivity contribution is 0.178. The minimum atomic E-state index is 0.382. The molecule has 19 heavy (non-hydrogen) atoms. The third-order valence-corrected chi connectivity index (χ3v) is 4.26. The summed E-state index contributed by atoms with van der Waals surface area (Å²) in [5.41, 5.74) is 2.75. The first kappa shape index (κ1) is 12.6. The molecule has 100 valence electrons. The fourth-order valence-corrected chi connectivity index (χ4v) is 3.21. The summed E-state index contributed by atoms with van der Waals surface area (Å²) < 4.78 is 5.56. The van der Waals surface area contributed by atoms with Crippen LogP contribution >= 0.6 is 0 Å². The molecule has 2 atom stereocenters. The SMILES string of the molecule is CNC(c1ccc(C)c2ccccc12)C1CCOC1. The van der Waals surface area contributed by atoms with Crippen molar-refractivity contribution in [1.29, 1.82) is 0 Å². The predicted molar refractivity (Wildman–Crippen MR) is 79.4 cm³/mol. The topological polar surface area (TPSA) is 21.3 Å². The Morgan fingerprint density at radius 3 is 2.63 bits per heavy atom. The first-order valence-corrected chi connectivity index (χ1v) is 7.04. The van der Waals surface area contributed by atoms with Crippen LogP contribution in [0, 0.1) is 12.8 Å². The third kappa shape index (κ3) is 2.26. The van der Waals surface area contributed by atoms with E-state index >= 15 is 0 Å². The molecule has 1 saturated heterocycles. The normalized spacial score (nSPS) is 20.8. The van der Waals surface area contributed by atoms with Gasteiger partial charge in [-0.2, -0.15) is 0 Å². The van der Waals surface area contributed by atoms with Crippen molar-refractivity contribution in [3.8, 4) is 0 Å². The second-order valence-electron chi connectivity index (χ2n) is 5.41. The molecule has 0 amide bonds. The van der Waals surface area contributed by atoms with Gasteiger partial charge in [0.2, 0.25) is 0 Å². The number of rotatable bonds is 3. The lowest BCUT2D eigenvalue weighted by atomic mass is 9.88. The van der Waals surface area contributed by atoms with Crippen LogP contribution in [0.3, 0.4) is 0 Å². The van der Waals surface area contributed by atoms with Crippen molar-refractivity contribution in [2.24, 2.45) is 5.92 Å². The van der Waals surface area contributed by atoms with Gasteiger partial charge in [0.15, 0.2) is 0 Å². The lowest BCUT2D eigenvalue weighted by Gasteiger charge is -2.24. The molecule has 1 fully saturated rings. The largest absolute Gasteiger partial charge is 0.381 e. The van der Waals surface area contributed by atoms with E-state index < -0.39 is 0 Å². The van der Waals surface area contributed by atoms with Crippen LogP contribution < -0.4 is 5.32 Å². The molecule has 0 spiro atoms. The average molecular weight is 255 g/mol. The number of hydrogen-bond acceptors (Lipinski definition) is 2. The predicted octanol–water partition coefficient (Wildman–Crippen LogP) is 3.45. The van der Waals surface area contributed by atoms with Gasteiger partial charge < -0.3 is 10.1 Å². The molecule has 3 rings (SSSR count). The summed E-state index contributed by atoms with van der Waals surface area (Å²) in [5.74, 6) is 0.580. The Hall–Kier alpha value is -1.38. The molecule has 0 aromatic heterocycles. The monoisotopic (exact) mass is 255 g/mol. The smallest absolute Gasteiger partial charge is 0.0513 e. The van der Waals surface area contributed by atoms with E-state index in [4.69, 9.17) is 4.74 Å². The van der Waals surface area contributed by atoms with Gasteiger partial charge in [0.05, 0.1) is 6.61 Å². The van der Waals surface area contributed by atoms with Crippen molar-refractivity contribution in [2.75, 3.05) is 20.3 Å². The highest BCUT2D eigenvalue weighted by atomic mass is 16.5. The maximum Gasteiger partial charge on any atom is 0.0513 e. The van der Waals surface area contributed by atoms with E-state index in [1.165, 1.54) is 21.9 Å². The Labute approximate surface area is 114 Å². The first-order chi connectivity index (χ1) is 9.31. The van der Waals surface area contributed by atoms with Crippen LogP contribution in [0.1, 0.15) is 23.6 Å². The third-order valence-electron chi connectivity index (χ3n) is 4.26. The number of fused-ring (bicyclic) bond motifs is 1. The molecule has 1 aliphatic rings. The molecule has 2 heteroatoms. The number of aryl methyl sites for hydroxylation is 1. The zero-order chi connectivity index (χ0) is 13.2. The van der Waals surface area contributed by atoms with Gasteiger partial charge in [0, 0.05) is 18.6 Å². The maximum atomic E-state index is 5.56. The Kier molecular flexibility index (Phi) is 3.54. The molecule has 0 radical (unpaired) electrons. The Morgan fingerprint density at radius 1 is 1.16 bits per heavy atom. The molecule has 2 aromatic rings. The van der Waals surface area contributed by atoms with Crippen LogP contribution in [0.5, 0.6) is 0 Å². The van der Waals surface area contributed by atoms with Crippen LogP contribution in [0.2, 0.25) is 0 Å². The van der Waals surface area contributed by atoms with E-state index in [-0.39, 0.29) is 0 Å². The minimum absolute atomic E-state index is 0.382. The van der Waals surface area contributed by atoms with E-state index in [1.54, 1.807) is 0 Å². The molecule has 1 aliphatic heterocycles. The van der Waals surface area contributed by atoms with Crippen molar-refractivity contribution in [3.63, 3.8) is 0 Å². The van der Waals surface area contributed by atoms with Crippen molar-refractivity contribution < 1.29 is 4.74 Å². The molecule has 2 nitrogen and oxygen atoms in total. The lowest BCUT2D eigenvalue weighted by Crippen LogP contribution is -2.25. The van der Waals surface area contributed by atoms with Gasteiger partial charge >= 0.3 is 0 Å². The standard InChI is InChI=1S/C17H21NO/c1-12-7-8-16(15-6-4-3-5-14(12)15)17(18-2)13-9-10-19-11-13/h3-8,13,17-18H,9-11H2,1-2H3.